The molecule has 8 heteroatoms. The highest BCUT2D eigenvalue weighted by atomic mass is 35.5. The Kier molecular flexibility index (Phi) is 7.40. The van der Waals surface area contributed by atoms with Crippen molar-refractivity contribution in [1.29, 1.82) is 0 Å². The first-order chi connectivity index (χ1) is 12.3. The van der Waals surface area contributed by atoms with Crippen molar-refractivity contribution in [2.24, 2.45) is 5.92 Å². The van der Waals surface area contributed by atoms with Crippen molar-refractivity contribution >= 4 is 34.5 Å². The maximum atomic E-state index is 12.3. The average Bonchev–Trinajstić information content (AvgIpc) is 2.93. The summed E-state index contributed by atoms with van der Waals surface area (Å²) < 4.78 is 5.09. The van der Waals surface area contributed by atoms with Gasteiger partial charge in [-0.25, -0.2) is 4.98 Å². The number of aryl methyl sites for hydroxylation is 1. The highest BCUT2D eigenvalue weighted by molar-refractivity contribution is 7.11. The molecule has 1 aromatic carbocycles. The molecule has 142 valence electrons. The Labute approximate surface area is 162 Å². The number of methoxy groups -OCH3 is 1. The number of nitrogens with zero attached hydrogens (tertiary/aromatic N) is 1. The molecule has 0 fully saturated rings. The van der Waals surface area contributed by atoms with Crippen molar-refractivity contribution < 1.29 is 14.6 Å². The van der Waals surface area contributed by atoms with Crippen LogP contribution in [0, 0.1) is 12.8 Å². The van der Waals surface area contributed by atoms with Gasteiger partial charge in [-0.15, -0.1) is 11.3 Å². The third-order valence-electron chi connectivity index (χ3n) is 3.59. The fourth-order valence-electron chi connectivity index (χ4n) is 2.32. The van der Waals surface area contributed by atoms with E-state index in [1.54, 1.807) is 18.2 Å². The van der Waals surface area contributed by atoms with Crippen molar-refractivity contribution in [2.45, 2.75) is 33.4 Å². The molecule has 1 amide bonds. The van der Waals surface area contributed by atoms with Gasteiger partial charge >= 0.3 is 0 Å². The van der Waals surface area contributed by atoms with Gasteiger partial charge in [-0.2, -0.15) is 0 Å². The molecule has 0 saturated heterocycles. The van der Waals surface area contributed by atoms with Gasteiger partial charge in [0.25, 0.3) is 0 Å². The van der Waals surface area contributed by atoms with E-state index in [1.807, 2.05) is 6.92 Å². The van der Waals surface area contributed by atoms with Crippen molar-refractivity contribution in [3.05, 3.63) is 38.8 Å². The van der Waals surface area contributed by atoms with Crippen molar-refractivity contribution in [2.75, 3.05) is 19.0 Å². The monoisotopic (exact) mass is 397 g/mol. The molecule has 0 spiro atoms. The summed E-state index contributed by atoms with van der Waals surface area (Å²) in [5.41, 5.74) is 1.32. The van der Waals surface area contributed by atoms with Crippen LogP contribution in [-0.2, 0) is 11.2 Å². The number of aromatic nitrogens is 1. The van der Waals surface area contributed by atoms with Gasteiger partial charge < -0.3 is 15.2 Å². The van der Waals surface area contributed by atoms with E-state index in [-0.39, 0.29) is 12.3 Å². The maximum Gasteiger partial charge on any atom is 0.231 e. The molecule has 26 heavy (non-hydrogen) atoms. The van der Waals surface area contributed by atoms with E-state index in [0.717, 1.165) is 10.6 Å². The van der Waals surface area contributed by atoms with Gasteiger partial charge in [0.1, 0.15) is 17.0 Å². The third kappa shape index (κ3) is 5.67. The lowest BCUT2D eigenvalue weighted by molar-refractivity contribution is -0.115. The van der Waals surface area contributed by atoms with Gasteiger partial charge in [0.05, 0.1) is 29.1 Å². The minimum absolute atomic E-state index is 0.131. The van der Waals surface area contributed by atoms with Crippen LogP contribution in [0.4, 0.5) is 5.69 Å². The first-order valence-corrected chi connectivity index (χ1v) is 9.50. The second-order valence-corrected chi connectivity index (χ2v) is 7.86. The third-order valence-corrected chi connectivity index (χ3v) is 5.10. The van der Waals surface area contributed by atoms with E-state index < -0.39 is 6.23 Å². The molecule has 6 nitrogen and oxygen atoms in total. The van der Waals surface area contributed by atoms with Gasteiger partial charge in [0.15, 0.2) is 0 Å². The van der Waals surface area contributed by atoms with Crippen LogP contribution in [0.25, 0.3) is 0 Å². The number of ether oxygens (including phenoxy) is 1. The minimum atomic E-state index is -0.771. The van der Waals surface area contributed by atoms with E-state index in [2.05, 4.69) is 29.5 Å². The number of rotatable bonds is 8. The Morgan fingerprint density at radius 1 is 1.42 bits per heavy atom. The number of carbonyl (C=O) groups is 1. The molecule has 1 heterocycles. The van der Waals surface area contributed by atoms with Crippen LogP contribution in [0.2, 0.25) is 5.02 Å². The Balaban J connectivity index is 1.99. The summed E-state index contributed by atoms with van der Waals surface area (Å²) in [6.45, 7) is 6.67. The number of aliphatic hydroxyl groups excluding tert-OH is 1. The number of benzene rings is 1. The lowest BCUT2D eigenvalue weighted by Gasteiger charge is -2.13. The summed E-state index contributed by atoms with van der Waals surface area (Å²) in [6, 6.07) is 5.05. The van der Waals surface area contributed by atoms with Gasteiger partial charge in [0.2, 0.25) is 5.91 Å². The standard InChI is InChI=1S/C18H24ClN3O3S/c1-10(2)9-20-18(24)17-11(3)21-16(26-17)8-15(23)22-12-5-6-14(25-4)13(19)7-12/h5-7,10,18,20,24H,8-9H2,1-4H3,(H,22,23). The summed E-state index contributed by atoms with van der Waals surface area (Å²) in [7, 11) is 1.53. The van der Waals surface area contributed by atoms with Gasteiger partial charge in [-0.1, -0.05) is 25.4 Å². The van der Waals surface area contributed by atoms with Crippen LogP contribution < -0.4 is 15.4 Å². The normalized spacial score (nSPS) is 12.3. The summed E-state index contributed by atoms with van der Waals surface area (Å²) in [5, 5.41) is 17.2. The minimum Gasteiger partial charge on any atom is -0.495 e. The number of thiazole rings is 1. The van der Waals surface area contributed by atoms with E-state index in [4.69, 9.17) is 16.3 Å². The topological polar surface area (TPSA) is 83.5 Å². The van der Waals surface area contributed by atoms with Crippen LogP contribution in [0.3, 0.4) is 0 Å². The summed E-state index contributed by atoms with van der Waals surface area (Å²) >= 11 is 7.40. The predicted octanol–water partition coefficient (Wildman–Crippen LogP) is 3.53. The first-order valence-electron chi connectivity index (χ1n) is 8.31. The zero-order valence-corrected chi connectivity index (χ0v) is 16.9. The van der Waals surface area contributed by atoms with Crippen LogP contribution in [0.1, 0.15) is 35.7 Å². The summed E-state index contributed by atoms with van der Waals surface area (Å²) in [6.07, 6.45) is -0.640. The Morgan fingerprint density at radius 3 is 2.77 bits per heavy atom. The number of amides is 1. The lowest BCUT2D eigenvalue weighted by atomic mass is 10.2. The van der Waals surface area contributed by atoms with Crippen LogP contribution in [0.5, 0.6) is 5.75 Å². The molecule has 2 rings (SSSR count). The number of nitrogens with one attached hydrogen (secondary N) is 2. The number of carbonyl (C=O) groups excluding carboxylic acids is 1. The fourth-order valence-corrected chi connectivity index (χ4v) is 3.61. The van der Waals surface area contributed by atoms with Crippen molar-refractivity contribution in [3.8, 4) is 5.75 Å². The van der Waals surface area contributed by atoms with Crippen molar-refractivity contribution in [3.63, 3.8) is 0 Å². The Hall–Kier alpha value is -1.67. The molecule has 0 aliphatic carbocycles. The molecule has 0 aliphatic rings. The smallest absolute Gasteiger partial charge is 0.231 e. The molecule has 2 aromatic rings. The molecule has 0 aliphatic heterocycles. The maximum absolute atomic E-state index is 12.3. The Morgan fingerprint density at radius 2 is 2.15 bits per heavy atom. The number of hydrogen-bond donors (Lipinski definition) is 3. The first kappa shape index (κ1) is 20.6. The zero-order valence-electron chi connectivity index (χ0n) is 15.3. The Bertz CT molecular complexity index is 764. The second-order valence-electron chi connectivity index (χ2n) is 6.34. The van der Waals surface area contributed by atoms with Crippen molar-refractivity contribution in [1.82, 2.24) is 10.3 Å². The van der Waals surface area contributed by atoms with Crippen LogP contribution >= 0.6 is 22.9 Å². The largest absolute Gasteiger partial charge is 0.495 e. The molecule has 1 aromatic heterocycles. The summed E-state index contributed by atoms with van der Waals surface area (Å²) in [5.74, 6) is 0.781. The average molecular weight is 398 g/mol. The van der Waals surface area contributed by atoms with Gasteiger partial charge in [0, 0.05) is 12.2 Å². The SMILES string of the molecule is COc1ccc(NC(=O)Cc2nc(C)c(C(O)NCC(C)C)s2)cc1Cl. The number of aliphatic hydroxyl groups is 1. The number of halogens is 1. The molecular weight excluding hydrogens is 374 g/mol. The lowest BCUT2D eigenvalue weighted by Crippen LogP contribution is -2.24. The molecular formula is C18H24ClN3O3S. The molecule has 1 atom stereocenters. The van der Waals surface area contributed by atoms with Crippen LogP contribution in [0.15, 0.2) is 18.2 Å². The highest BCUT2D eigenvalue weighted by Crippen LogP contribution is 2.28. The summed E-state index contributed by atoms with van der Waals surface area (Å²) in [4.78, 5) is 17.4. The molecule has 0 saturated carbocycles. The van der Waals surface area contributed by atoms with Gasteiger partial charge in [-0.05, 0) is 31.0 Å². The molecule has 0 bridgehead atoms. The zero-order chi connectivity index (χ0) is 19.3. The molecule has 0 radical (unpaired) electrons. The van der Waals surface area contributed by atoms with Crippen LogP contribution in [-0.4, -0.2) is 29.7 Å². The van der Waals surface area contributed by atoms with E-state index >= 15 is 0 Å². The fraction of sp³-hybridized carbons (Fsp3) is 0.444. The number of hydrogen-bond acceptors (Lipinski definition) is 6. The van der Waals surface area contributed by atoms with Gasteiger partial charge in [-0.3, -0.25) is 10.1 Å². The molecule has 3 N–H and O–H groups in total. The number of anilines is 1. The van der Waals surface area contributed by atoms with E-state index in [0.29, 0.717) is 33.9 Å². The quantitative estimate of drug-likeness (QED) is 0.593. The molecule has 1 unspecified atom stereocenters. The van der Waals surface area contributed by atoms with E-state index in [9.17, 15) is 9.90 Å². The predicted molar refractivity (Wildman–Crippen MR) is 105 cm³/mol. The van der Waals surface area contributed by atoms with E-state index in [1.165, 1.54) is 18.4 Å². The highest BCUT2D eigenvalue weighted by Gasteiger charge is 2.17. The second kappa shape index (κ2) is 9.32.